The summed E-state index contributed by atoms with van der Waals surface area (Å²) in [6.07, 6.45) is -2.75. The molecule has 29 heavy (non-hydrogen) atoms. The van der Waals surface area contributed by atoms with E-state index in [1.54, 1.807) is 12.1 Å². The molecule has 0 aromatic heterocycles. The van der Waals surface area contributed by atoms with E-state index in [-0.39, 0.29) is 24.8 Å². The van der Waals surface area contributed by atoms with Gasteiger partial charge in [-0.1, -0.05) is 12.1 Å². The SMILES string of the molecule is CNC(=O)CNC(=O)OCCC1CCN(Cc2cccc(OC(F)(F)F)c2)CC1. The number of rotatable bonds is 8. The smallest absolute Gasteiger partial charge is 0.450 e. The zero-order valence-corrected chi connectivity index (χ0v) is 16.3. The van der Waals surface area contributed by atoms with E-state index < -0.39 is 12.5 Å². The third-order valence-corrected chi connectivity index (χ3v) is 4.68. The van der Waals surface area contributed by atoms with Crippen LogP contribution < -0.4 is 15.4 Å². The van der Waals surface area contributed by atoms with Gasteiger partial charge in [0, 0.05) is 13.6 Å². The van der Waals surface area contributed by atoms with Crippen LogP contribution in [0.3, 0.4) is 0 Å². The van der Waals surface area contributed by atoms with Crippen LogP contribution in [0.2, 0.25) is 0 Å². The fraction of sp³-hybridized carbons (Fsp3) is 0.579. The van der Waals surface area contributed by atoms with Gasteiger partial charge in [0.25, 0.3) is 0 Å². The molecule has 10 heteroatoms. The van der Waals surface area contributed by atoms with Crippen LogP contribution in [-0.4, -0.2) is 56.6 Å². The number of alkyl carbamates (subject to hydrolysis) is 1. The van der Waals surface area contributed by atoms with Gasteiger partial charge in [0.1, 0.15) is 5.75 Å². The maximum Gasteiger partial charge on any atom is 0.573 e. The number of amides is 2. The molecule has 2 amide bonds. The van der Waals surface area contributed by atoms with Crippen LogP contribution in [0, 0.1) is 5.92 Å². The maximum absolute atomic E-state index is 12.3. The normalized spacial score (nSPS) is 15.6. The molecule has 0 atom stereocenters. The fourth-order valence-electron chi connectivity index (χ4n) is 3.14. The molecule has 1 aliphatic heterocycles. The van der Waals surface area contributed by atoms with Gasteiger partial charge in [-0.2, -0.15) is 0 Å². The van der Waals surface area contributed by atoms with E-state index in [0.717, 1.165) is 37.9 Å². The Morgan fingerprint density at radius 2 is 1.97 bits per heavy atom. The number of hydrogen-bond acceptors (Lipinski definition) is 5. The zero-order valence-electron chi connectivity index (χ0n) is 16.3. The molecule has 7 nitrogen and oxygen atoms in total. The van der Waals surface area contributed by atoms with E-state index in [0.29, 0.717) is 12.5 Å². The number of likely N-dealkylation sites (N-methyl/N-ethyl adjacent to an activating group) is 1. The number of alkyl halides is 3. The average Bonchev–Trinajstić information content (AvgIpc) is 2.66. The molecule has 0 saturated carbocycles. The van der Waals surface area contributed by atoms with Crippen LogP contribution in [0.4, 0.5) is 18.0 Å². The van der Waals surface area contributed by atoms with Crippen molar-refractivity contribution in [2.45, 2.75) is 32.2 Å². The molecule has 2 rings (SSSR count). The van der Waals surface area contributed by atoms with E-state index in [4.69, 9.17) is 4.74 Å². The minimum absolute atomic E-state index is 0.122. The third kappa shape index (κ3) is 9.03. The first-order valence-corrected chi connectivity index (χ1v) is 9.43. The van der Waals surface area contributed by atoms with Crippen LogP contribution in [-0.2, 0) is 16.1 Å². The number of carbonyl (C=O) groups excluding carboxylic acids is 2. The highest BCUT2D eigenvalue weighted by Crippen LogP contribution is 2.25. The highest BCUT2D eigenvalue weighted by Gasteiger charge is 2.31. The molecule has 0 radical (unpaired) electrons. The van der Waals surface area contributed by atoms with Crippen molar-refractivity contribution in [3.63, 3.8) is 0 Å². The molecule has 0 aliphatic carbocycles. The summed E-state index contributed by atoms with van der Waals surface area (Å²) in [5, 5.41) is 4.75. The predicted molar refractivity (Wildman–Crippen MR) is 99.2 cm³/mol. The lowest BCUT2D eigenvalue weighted by Gasteiger charge is -2.32. The van der Waals surface area contributed by atoms with Crippen molar-refractivity contribution in [3.05, 3.63) is 29.8 Å². The van der Waals surface area contributed by atoms with Crippen LogP contribution in [0.1, 0.15) is 24.8 Å². The van der Waals surface area contributed by atoms with Gasteiger partial charge in [0.15, 0.2) is 0 Å². The first kappa shape index (κ1) is 22.8. The Kier molecular flexibility index (Phi) is 8.56. The molecule has 0 bridgehead atoms. The van der Waals surface area contributed by atoms with E-state index in [9.17, 15) is 22.8 Å². The zero-order chi connectivity index (χ0) is 21.3. The number of benzene rings is 1. The third-order valence-electron chi connectivity index (χ3n) is 4.68. The summed E-state index contributed by atoms with van der Waals surface area (Å²) in [6, 6.07) is 6.02. The molecule has 0 unspecified atom stereocenters. The van der Waals surface area contributed by atoms with Gasteiger partial charge < -0.3 is 20.1 Å². The van der Waals surface area contributed by atoms with Crippen molar-refractivity contribution in [1.82, 2.24) is 15.5 Å². The Morgan fingerprint density at radius 1 is 1.24 bits per heavy atom. The largest absolute Gasteiger partial charge is 0.573 e. The Balaban J connectivity index is 1.66. The van der Waals surface area contributed by atoms with E-state index in [2.05, 4.69) is 20.3 Å². The monoisotopic (exact) mass is 417 g/mol. The standard InChI is InChI=1S/C19H26F3N3O4/c1-23-17(26)12-24-18(27)28-10-7-14-5-8-25(9-6-14)13-15-3-2-4-16(11-15)29-19(20,21)22/h2-4,11,14H,5-10,12-13H2,1H3,(H,23,26)(H,24,27). The Labute approximate surface area is 167 Å². The topological polar surface area (TPSA) is 79.9 Å². The van der Waals surface area contributed by atoms with Gasteiger partial charge in [-0.15, -0.1) is 13.2 Å². The molecule has 1 saturated heterocycles. The first-order chi connectivity index (χ1) is 13.7. The summed E-state index contributed by atoms with van der Waals surface area (Å²) in [6.45, 7) is 2.35. The summed E-state index contributed by atoms with van der Waals surface area (Å²) >= 11 is 0. The second-order valence-electron chi connectivity index (χ2n) is 6.87. The van der Waals surface area contributed by atoms with Crippen LogP contribution in [0.15, 0.2) is 24.3 Å². The minimum Gasteiger partial charge on any atom is -0.450 e. The lowest BCUT2D eigenvalue weighted by atomic mass is 9.93. The van der Waals surface area contributed by atoms with Crippen LogP contribution in [0.25, 0.3) is 0 Å². The number of ether oxygens (including phenoxy) is 2. The summed E-state index contributed by atoms with van der Waals surface area (Å²) in [4.78, 5) is 24.7. The number of nitrogens with one attached hydrogen (secondary N) is 2. The second-order valence-corrected chi connectivity index (χ2v) is 6.87. The number of nitrogens with zero attached hydrogens (tertiary/aromatic N) is 1. The molecule has 2 N–H and O–H groups in total. The highest BCUT2D eigenvalue weighted by molar-refractivity contribution is 5.81. The lowest BCUT2D eigenvalue weighted by molar-refractivity contribution is -0.274. The number of halogens is 3. The first-order valence-electron chi connectivity index (χ1n) is 9.43. The maximum atomic E-state index is 12.3. The van der Waals surface area contributed by atoms with Crippen molar-refractivity contribution < 1.29 is 32.2 Å². The van der Waals surface area contributed by atoms with Gasteiger partial charge in [-0.05, 0) is 56.0 Å². The van der Waals surface area contributed by atoms with E-state index in [1.165, 1.54) is 19.2 Å². The number of hydrogen-bond donors (Lipinski definition) is 2. The number of piperidine rings is 1. The van der Waals surface area contributed by atoms with Gasteiger partial charge >= 0.3 is 12.5 Å². The molecule has 1 aliphatic rings. The highest BCUT2D eigenvalue weighted by atomic mass is 19.4. The van der Waals surface area contributed by atoms with Gasteiger partial charge in [-0.3, -0.25) is 9.69 Å². The van der Waals surface area contributed by atoms with Crippen molar-refractivity contribution in [1.29, 1.82) is 0 Å². The van der Waals surface area contributed by atoms with Gasteiger partial charge in [0.05, 0.1) is 13.2 Å². The molecule has 1 heterocycles. The Morgan fingerprint density at radius 3 is 2.62 bits per heavy atom. The lowest BCUT2D eigenvalue weighted by Crippen LogP contribution is -2.36. The van der Waals surface area contributed by atoms with E-state index >= 15 is 0 Å². The van der Waals surface area contributed by atoms with E-state index in [1.807, 2.05) is 0 Å². The van der Waals surface area contributed by atoms with Crippen molar-refractivity contribution >= 4 is 12.0 Å². The van der Waals surface area contributed by atoms with Crippen molar-refractivity contribution in [3.8, 4) is 5.75 Å². The van der Waals surface area contributed by atoms with Gasteiger partial charge in [0.2, 0.25) is 5.91 Å². The van der Waals surface area contributed by atoms with Crippen molar-refractivity contribution in [2.75, 3.05) is 33.3 Å². The Hall–Kier alpha value is -2.49. The number of likely N-dealkylation sites (tertiary alicyclic amines) is 1. The average molecular weight is 417 g/mol. The molecule has 1 aromatic carbocycles. The molecular formula is C19H26F3N3O4. The predicted octanol–water partition coefficient (Wildman–Crippen LogP) is 2.66. The number of carbonyl (C=O) groups is 2. The molecular weight excluding hydrogens is 391 g/mol. The second kappa shape index (κ2) is 10.9. The van der Waals surface area contributed by atoms with Crippen molar-refractivity contribution in [2.24, 2.45) is 5.92 Å². The molecule has 1 aromatic rings. The molecule has 0 spiro atoms. The summed E-state index contributed by atoms with van der Waals surface area (Å²) < 4.78 is 46.0. The van der Waals surface area contributed by atoms with Crippen LogP contribution in [0.5, 0.6) is 5.75 Å². The van der Waals surface area contributed by atoms with Crippen LogP contribution >= 0.6 is 0 Å². The Bertz CT molecular complexity index is 677. The summed E-state index contributed by atoms with van der Waals surface area (Å²) in [5.41, 5.74) is 0.765. The fourth-order valence-corrected chi connectivity index (χ4v) is 3.14. The molecule has 1 fully saturated rings. The summed E-state index contributed by atoms with van der Waals surface area (Å²) in [5.74, 6) is -0.0977. The summed E-state index contributed by atoms with van der Waals surface area (Å²) in [7, 11) is 1.48. The minimum atomic E-state index is -4.70. The van der Waals surface area contributed by atoms with Gasteiger partial charge in [-0.25, -0.2) is 4.79 Å². The molecule has 162 valence electrons. The quantitative estimate of drug-likeness (QED) is 0.680.